The summed E-state index contributed by atoms with van der Waals surface area (Å²) >= 11 is 0. The maximum absolute atomic E-state index is 6.98. The summed E-state index contributed by atoms with van der Waals surface area (Å²) in [6.45, 7) is 43.9. The fourth-order valence-electron chi connectivity index (χ4n) is 18.0. The normalized spacial score (nSPS) is 15.4. The minimum atomic E-state index is 0.0924. The quantitative estimate of drug-likeness (QED) is 0.0318. The summed E-state index contributed by atoms with van der Waals surface area (Å²) in [5.41, 5.74) is 11.0. The maximum Gasteiger partial charge on any atom is 0.135 e. The van der Waals surface area contributed by atoms with Gasteiger partial charge in [0.05, 0.1) is 38.6 Å². The monoisotopic (exact) mass is 1660 g/mol. The average molecular weight is 1660 g/mol. The van der Waals surface area contributed by atoms with Crippen LogP contribution in [-0.4, -0.2) is 38.6 Å². The van der Waals surface area contributed by atoms with Gasteiger partial charge in [0.25, 0.3) is 0 Å². The molecule has 0 N–H and O–H groups in total. The Labute approximate surface area is 740 Å². The van der Waals surface area contributed by atoms with Crippen molar-refractivity contribution in [2.75, 3.05) is 26.4 Å². The molecule has 0 radical (unpaired) electrons. The van der Waals surface area contributed by atoms with Crippen LogP contribution in [0.5, 0.6) is 46.0 Å². The molecule has 2 aliphatic rings. The van der Waals surface area contributed by atoms with Crippen LogP contribution in [0.4, 0.5) is 0 Å². The predicted octanol–water partition coefficient (Wildman–Crippen LogP) is 32.3. The van der Waals surface area contributed by atoms with Crippen LogP contribution in [0.1, 0.15) is 222 Å². The van der Waals surface area contributed by atoms with Gasteiger partial charge in [-0.1, -0.05) is 313 Å². The Bertz CT molecular complexity index is 5990. The Kier molecular flexibility index (Phi) is 30.5. The highest BCUT2D eigenvalue weighted by Crippen LogP contribution is 2.51. The number of benzene rings is 14. The lowest BCUT2D eigenvalue weighted by Gasteiger charge is -2.37. The van der Waals surface area contributed by atoms with Gasteiger partial charge in [-0.3, -0.25) is 0 Å². The van der Waals surface area contributed by atoms with Crippen molar-refractivity contribution in [3.05, 3.63) is 287 Å². The second-order valence-corrected chi connectivity index (χ2v) is 37.7. The highest BCUT2D eigenvalue weighted by molar-refractivity contribution is 6.14. The van der Waals surface area contributed by atoms with Crippen LogP contribution < -0.4 is 37.9 Å². The highest BCUT2D eigenvalue weighted by Gasteiger charge is 2.34. The molecule has 0 saturated heterocycles. The Morgan fingerprint density at radius 2 is 0.540 bits per heavy atom. The molecule has 0 heterocycles. The molecule has 124 heavy (non-hydrogen) atoms. The molecule has 648 valence electrons. The Balaban J connectivity index is 0.000000144. The van der Waals surface area contributed by atoms with Crippen LogP contribution >= 0.6 is 0 Å². The van der Waals surface area contributed by atoms with Crippen molar-refractivity contribution in [1.82, 2.24) is 0 Å². The zero-order chi connectivity index (χ0) is 87.7. The van der Waals surface area contributed by atoms with Crippen molar-refractivity contribution in [2.24, 2.45) is 22.7 Å². The molecule has 16 rings (SSSR count). The minimum absolute atomic E-state index is 0.0924. The Morgan fingerprint density at radius 3 is 0.871 bits per heavy atom. The molecule has 0 unspecified atom stereocenters. The number of ether oxygens (including phenoxy) is 8. The lowest BCUT2D eigenvalue weighted by atomic mass is 9.72. The molecule has 0 spiro atoms. The van der Waals surface area contributed by atoms with E-state index < -0.39 is 0 Å². The second-order valence-electron chi connectivity index (χ2n) is 37.7. The van der Waals surface area contributed by atoms with E-state index in [-0.39, 0.29) is 17.6 Å². The van der Waals surface area contributed by atoms with E-state index in [0.29, 0.717) is 50.5 Å². The van der Waals surface area contributed by atoms with Gasteiger partial charge in [0.1, 0.15) is 59.2 Å². The molecule has 14 aromatic rings. The Hall–Kier alpha value is -11.0. The van der Waals surface area contributed by atoms with E-state index in [4.69, 9.17) is 37.9 Å². The van der Waals surface area contributed by atoms with Crippen molar-refractivity contribution in [3.8, 4) is 46.0 Å². The molecular weight excluding hydrogens is 1520 g/mol. The maximum atomic E-state index is 6.98. The van der Waals surface area contributed by atoms with E-state index >= 15 is 0 Å². The topological polar surface area (TPSA) is 73.8 Å². The summed E-state index contributed by atoms with van der Waals surface area (Å²) < 4.78 is 51.7. The van der Waals surface area contributed by atoms with Gasteiger partial charge in [-0.05, 0) is 211 Å². The third kappa shape index (κ3) is 22.0. The number of allylic oxidation sites excluding steroid dienone is 2. The molecule has 2 aliphatic carbocycles. The van der Waals surface area contributed by atoms with Gasteiger partial charge in [-0.25, -0.2) is 0 Å². The number of fused-ring (bicyclic) bond motifs is 8. The van der Waals surface area contributed by atoms with E-state index in [2.05, 4.69) is 317 Å². The number of hydrogen-bond donors (Lipinski definition) is 0. The third-order valence-corrected chi connectivity index (χ3v) is 25.2. The average Bonchev–Trinajstić information content (AvgIpc) is 0.774. The van der Waals surface area contributed by atoms with Crippen LogP contribution in [0.15, 0.2) is 254 Å². The number of rotatable bonds is 25. The molecule has 0 aliphatic heterocycles. The van der Waals surface area contributed by atoms with Gasteiger partial charge in [0, 0.05) is 86.2 Å². The summed E-state index contributed by atoms with van der Waals surface area (Å²) in [6.07, 6.45) is 19.4. The summed E-state index contributed by atoms with van der Waals surface area (Å²) in [6, 6.07) is 81.4. The van der Waals surface area contributed by atoms with Gasteiger partial charge in [-0.2, -0.15) is 0 Å². The van der Waals surface area contributed by atoms with Crippen molar-refractivity contribution < 1.29 is 37.9 Å². The fraction of sp³-hybridized carbons (Fsp3) is 0.379. The summed E-state index contributed by atoms with van der Waals surface area (Å²) in [4.78, 5) is 0. The number of hydrogen-bond acceptors (Lipinski definition) is 8. The first-order valence-electron chi connectivity index (χ1n) is 46.2. The first-order chi connectivity index (χ1) is 59.8. The lowest BCUT2D eigenvalue weighted by Crippen LogP contribution is -2.31. The molecule has 0 bridgehead atoms. The highest BCUT2D eigenvalue weighted by atomic mass is 16.5. The largest absolute Gasteiger partial charge is 0.493 e. The van der Waals surface area contributed by atoms with Gasteiger partial charge < -0.3 is 37.9 Å². The van der Waals surface area contributed by atoms with Crippen molar-refractivity contribution >= 4 is 86.2 Å². The fourth-order valence-corrected chi connectivity index (χ4v) is 18.0. The Morgan fingerprint density at radius 1 is 0.274 bits per heavy atom. The second kappa shape index (κ2) is 41.7. The number of aryl methyl sites for hydroxylation is 3. The first kappa shape index (κ1) is 90.8. The van der Waals surface area contributed by atoms with Crippen LogP contribution in [-0.2, 0) is 37.9 Å². The van der Waals surface area contributed by atoms with E-state index in [1.165, 1.54) is 80.6 Å². The van der Waals surface area contributed by atoms with Gasteiger partial charge in [0.15, 0.2) is 0 Å². The van der Waals surface area contributed by atoms with E-state index in [9.17, 15) is 0 Å². The van der Waals surface area contributed by atoms with E-state index in [1.807, 2.05) is 50.2 Å². The van der Waals surface area contributed by atoms with Crippen LogP contribution in [0.3, 0.4) is 0 Å². The molecule has 2 saturated carbocycles. The first-order valence-corrected chi connectivity index (χ1v) is 46.2. The van der Waals surface area contributed by atoms with Gasteiger partial charge >= 0.3 is 0 Å². The summed E-state index contributed by atoms with van der Waals surface area (Å²) in [7, 11) is 0. The van der Waals surface area contributed by atoms with E-state index in [0.717, 1.165) is 191 Å². The standard InChI is InChI=1S/C36H50O2.C30H26O2.C28H34O2.C22H26O2/c1-8-24-13-22-31-32(23-24)34(38-28-20-16-26(17-21-28)36(5,6)7)30-12-10-9-11-29(30)33(31)37-27-18-14-25(15-19-27)35(2,3)4;1-2-22-17-18-27-28(19-22)30(32-21-24-13-7-4-8-14-24)26-16-10-9-15-25(26)29(27)31-20-23-11-5-3-6-12-23;1-6-22-15-16-25-26(19-22)28(30-18-10-12-21(4)5)24-14-8-7-13-23(24)27(25)29-17-9-11-20(2)3;1-6-23-20-16-10-8-9-11-17(16)21(24-7-2)19-14-15(22(3,4)5)12-13-18(19)20/h9-13,22-23,25-28H,8,14-21H2,1-7H3;3-19H,2,20-21H2,1H3;7-8,11-16,19H,6,9-10,17-18H2,1-5H3;8-14H,6-7H2,1-5H3. The molecule has 2 fully saturated rings. The summed E-state index contributed by atoms with van der Waals surface area (Å²) in [5.74, 6) is 9.35. The molecule has 8 heteroatoms. The smallest absolute Gasteiger partial charge is 0.135 e. The SMILES string of the molecule is CCOc1c2ccccc2c(OCC)c2cc(C(C)(C)C)ccc12.CCc1ccc2c(OC3CCC(C(C)(C)C)CC3)c3ccccc3c(OC3CCC(C(C)(C)C)CC3)c2c1.CCc1ccc2c(OCCC=C(C)C)c3ccccc3c(OCCC=C(C)C)c2c1.CCc1ccc2c(OCc3ccccc3)c3ccccc3c(OCc3ccccc3)c2c1. The van der Waals surface area contributed by atoms with Crippen LogP contribution in [0.25, 0.3) is 86.2 Å². The molecule has 0 amide bonds. The zero-order valence-electron chi connectivity index (χ0n) is 77.6. The molecule has 0 aromatic heterocycles. The van der Waals surface area contributed by atoms with Crippen molar-refractivity contribution in [1.29, 1.82) is 0 Å². The van der Waals surface area contributed by atoms with Crippen molar-refractivity contribution in [2.45, 2.75) is 239 Å². The molecular formula is C116H136O8. The van der Waals surface area contributed by atoms with Crippen LogP contribution in [0, 0.1) is 22.7 Å². The van der Waals surface area contributed by atoms with Crippen LogP contribution in [0.2, 0.25) is 0 Å². The molecule has 8 nitrogen and oxygen atoms in total. The zero-order valence-corrected chi connectivity index (χ0v) is 77.6. The lowest BCUT2D eigenvalue weighted by molar-refractivity contribution is 0.0885. The third-order valence-electron chi connectivity index (χ3n) is 25.2. The predicted molar refractivity (Wildman–Crippen MR) is 527 cm³/mol. The van der Waals surface area contributed by atoms with E-state index in [1.54, 1.807) is 0 Å². The molecule has 14 aromatic carbocycles. The van der Waals surface area contributed by atoms with Gasteiger partial charge in [0.2, 0.25) is 0 Å². The minimum Gasteiger partial charge on any atom is -0.493 e. The van der Waals surface area contributed by atoms with Gasteiger partial charge in [-0.15, -0.1) is 0 Å². The van der Waals surface area contributed by atoms with Crippen molar-refractivity contribution in [3.63, 3.8) is 0 Å². The summed E-state index contributed by atoms with van der Waals surface area (Å²) in [5, 5.41) is 18.1. The molecule has 0 atom stereocenters.